The number of hydrogen-bond acceptors (Lipinski definition) is 5. The molecular weight excluding hydrogens is 414 g/mol. The number of aromatic nitrogens is 2. The fraction of sp³-hybridized carbons (Fsp3) is 0.286. The van der Waals surface area contributed by atoms with Gasteiger partial charge < -0.3 is 9.42 Å². The average Bonchev–Trinajstić information content (AvgIpc) is 3.25. The lowest BCUT2D eigenvalue weighted by atomic mass is 10.1. The summed E-state index contributed by atoms with van der Waals surface area (Å²) in [5, 5.41) is 4.67. The number of nitrogens with zero attached hydrogens (tertiary/aromatic N) is 4. The van der Waals surface area contributed by atoms with Gasteiger partial charge in [-0.25, -0.2) is 8.78 Å². The Balaban J connectivity index is 1.38. The summed E-state index contributed by atoms with van der Waals surface area (Å²) < 4.78 is 32.0. The maximum atomic E-state index is 13.4. The summed E-state index contributed by atoms with van der Waals surface area (Å²) in [5.41, 5.74) is 0.948. The van der Waals surface area contributed by atoms with Crippen molar-refractivity contribution in [1.29, 1.82) is 0 Å². The third-order valence-electron chi connectivity index (χ3n) is 5.22. The van der Waals surface area contributed by atoms with Crippen LogP contribution in [0, 0.1) is 11.6 Å². The molecule has 9 heteroatoms. The molecule has 0 saturated carbocycles. The molecule has 0 N–H and O–H groups in total. The van der Waals surface area contributed by atoms with Gasteiger partial charge in [0.05, 0.1) is 6.04 Å². The van der Waals surface area contributed by atoms with Gasteiger partial charge in [0.2, 0.25) is 11.7 Å². The van der Waals surface area contributed by atoms with Gasteiger partial charge in [0.25, 0.3) is 5.91 Å². The van der Waals surface area contributed by atoms with Crippen molar-refractivity contribution in [2.75, 3.05) is 26.2 Å². The normalized spacial score (nSPS) is 15.9. The maximum Gasteiger partial charge on any atom is 0.254 e. The van der Waals surface area contributed by atoms with E-state index in [-0.39, 0.29) is 17.5 Å². The third kappa shape index (κ3) is 4.20. The van der Waals surface area contributed by atoms with Crippen LogP contribution in [0.3, 0.4) is 0 Å². The van der Waals surface area contributed by atoms with Crippen LogP contribution in [0.25, 0.3) is 11.4 Å². The van der Waals surface area contributed by atoms with Crippen molar-refractivity contribution in [2.24, 2.45) is 0 Å². The lowest BCUT2D eigenvalue weighted by molar-refractivity contribution is 0.0551. The first kappa shape index (κ1) is 20.4. The predicted octanol–water partition coefficient (Wildman–Crippen LogP) is 4.19. The summed E-state index contributed by atoms with van der Waals surface area (Å²) >= 11 is 5.91. The summed E-state index contributed by atoms with van der Waals surface area (Å²) in [5.74, 6) is -1.34. The van der Waals surface area contributed by atoms with E-state index < -0.39 is 11.6 Å². The molecule has 0 bridgehead atoms. The number of carbonyl (C=O) groups excluding carboxylic acids is 1. The highest BCUT2D eigenvalue weighted by Crippen LogP contribution is 2.25. The zero-order valence-electron chi connectivity index (χ0n) is 16.2. The zero-order valence-corrected chi connectivity index (χ0v) is 16.9. The van der Waals surface area contributed by atoms with E-state index in [2.05, 4.69) is 15.0 Å². The van der Waals surface area contributed by atoms with E-state index in [0.29, 0.717) is 42.9 Å². The van der Waals surface area contributed by atoms with Gasteiger partial charge in [-0.3, -0.25) is 9.69 Å². The van der Waals surface area contributed by atoms with Crippen molar-refractivity contribution in [3.05, 3.63) is 70.6 Å². The Morgan fingerprint density at radius 2 is 1.77 bits per heavy atom. The number of piperazine rings is 1. The molecule has 3 aromatic rings. The molecule has 4 rings (SSSR count). The Kier molecular flexibility index (Phi) is 5.78. The summed E-state index contributed by atoms with van der Waals surface area (Å²) in [4.78, 5) is 20.8. The van der Waals surface area contributed by atoms with Crippen molar-refractivity contribution < 1.29 is 18.1 Å². The Hall–Kier alpha value is -2.84. The van der Waals surface area contributed by atoms with E-state index in [9.17, 15) is 13.6 Å². The van der Waals surface area contributed by atoms with Crippen molar-refractivity contribution in [3.63, 3.8) is 0 Å². The number of carbonyl (C=O) groups is 1. The molecule has 156 valence electrons. The molecular formula is C21H19ClF2N4O2. The van der Waals surface area contributed by atoms with E-state index >= 15 is 0 Å². The monoisotopic (exact) mass is 432 g/mol. The van der Waals surface area contributed by atoms with Gasteiger partial charge in [-0.15, -0.1) is 0 Å². The van der Waals surface area contributed by atoms with Crippen LogP contribution in [-0.4, -0.2) is 52.0 Å². The SMILES string of the molecule is CC(c1nc(-c2ccc(Cl)cc2)no1)N1CCN(C(=O)c2ccc(F)c(F)c2)CC1. The van der Waals surface area contributed by atoms with Gasteiger partial charge in [-0.1, -0.05) is 16.8 Å². The van der Waals surface area contributed by atoms with Crippen LogP contribution in [0.4, 0.5) is 8.78 Å². The molecule has 2 heterocycles. The smallest absolute Gasteiger partial charge is 0.254 e. The summed E-state index contributed by atoms with van der Waals surface area (Å²) in [6.07, 6.45) is 0. The van der Waals surface area contributed by atoms with Crippen LogP contribution < -0.4 is 0 Å². The number of halogens is 3. The van der Waals surface area contributed by atoms with E-state index in [0.717, 1.165) is 17.7 Å². The van der Waals surface area contributed by atoms with E-state index in [1.807, 2.05) is 19.1 Å². The molecule has 1 aliphatic rings. The van der Waals surface area contributed by atoms with Crippen LogP contribution in [-0.2, 0) is 0 Å². The second-order valence-electron chi connectivity index (χ2n) is 7.10. The molecule has 0 spiro atoms. The molecule has 30 heavy (non-hydrogen) atoms. The van der Waals surface area contributed by atoms with Crippen LogP contribution >= 0.6 is 11.6 Å². The van der Waals surface area contributed by atoms with E-state index in [1.54, 1.807) is 17.0 Å². The number of rotatable bonds is 4. The predicted molar refractivity (Wildman–Crippen MR) is 107 cm³/mol. The highest BCUT2D eigenvalue weighted by Gasteiger charge is 2.28. The third-order valence-corrected chi connectivity index (χ3v) is 5.47. The average molecular weight is 433 g/mol. The molecule has 1 aromatic heterocycles. The van der Waals surface area contributed by atoms with Crippen molar-refractivity contribution in [2.45, 2.75) is 13.0 Å². The Labute approximate surface area is 177 Å². The second-order valence-corrected chi connectivity index (χ2v) is 7.53. The maximum absolute atomic E-state index is 13.4. The van der Waals surface area contributed by atoms with Crippen molar-refractivity contribution in [3.8, 4) is 11.4 Å². The second kappa shape index (κ2) is 8.49. The summed E-state index contributed by atoms with van der Waals surface area (Å²) in [7, 11) is 0. The Morgan fingerprint density at radius 1 is 1.07 bits per heavy atom. The topological polar surface area (TPSA) is 62.5 Å². The fourth-order valence-electron chi connectivity index (χ4n) is 3.40. The van der Waals surface area contributed by atoms with Crippen LogP contribution in [0.2, 0.25) is 5.02 Å². The van der Waals surface area contributed by atoms with E-state index in [4.69, 9.17) is 16.1 Å². The largest absolute Gasteiger partial charge is 0.337 e. The van der Waals surface area contributed by atoms with Crippen molar-refractivity contribution in [1.82, 2.24) is 19.9 Å². The van der Waals surface area contributed by atoms with Gasteiger partial charge in [0.15, 0.2) is 11.6 Å². The Morgan fingerprint density at radius 3 is 2.43 bits per heavy atom. The number of amides is 1. The molecule has 0 radical (unpaired) electrons. The standard InChI is InChI=1S/C21H19ClF2N4O2/c1-13(20-25-19(26-30-20)14-2-5-16(22)6-3-14)27-8-10-28(11-9-27)21(29)15-4-7-17(23)18(24)12-15/h2-7,12-13H,8-11H2,1H3. The molecule has 1 saturated heterocycles. The molecule has 0 aliphatic carbocycles. The number of hydrogen-bond donors (Lipinski definition) is 0. The van der Waals surface area contributed by atoms with Gasteiger partial charge >= 0.3 is 0 Å². The Bertz CT molecular complexity index is 1050. The molecule has 1 atom stereocenters. The minimum absolute atomic E-state index is 0.126. The van der Waals surface area contributed by atoms with Crippen LogP contribution in [0.15, 0.2) is 47.0 Å². The molecule has 1 fully saturated rings. The lowest BCUT2D eigenvalue weighted by Gasteiger charge is -2.36. The highest BCUT2D eigenvalue weighted by atomic mass is 35.5. The first-order chi connectivity index (χ1) is 14.4. The first-order valence-corrected chi connectivity index (χ1v) is 9.88. The molecule has 1 amide bonds. The van der Waals surface area contributed by atoms with Gasteiger partial charge in [0, 0.05) is 42.3 Å². The van der Waals surface area contributed by atoms with Gasteiger partial charge in [-0.05, 0) is 49.4 Å². The molecule has 6 nitrogen and oxygen atoms in total. The van der Waals surface area contributed by atoms with E-state index in [1.165, 1.54) is 6.07 Å². The minimum atomic E-state index is -1.03. The lowest BCUT2D eigenvalue weighted by Crippen LogP contribution is -2.49. The van der Waals surface area contributed by atoms with Crippen molar-refractivity contribution >= 4 is 17.5 Å². The van der Waals surface area contributed by atoms with Gasteiger partial charge in [0.1, 0.15) is 0 Å². The van der Waals surface area contributed by atoms with Crippen LogP contribution in [0.5, 0.6) is 0 Å². The minimum Gasteiger partial charge on any atom is -0.337 e. The highest BCUT2D eigenvalue weighted by molar-refractivity contribution is 6.30. The van der Waals surface area contributed by atoms with Crippen LogP contribution in [0.1, 0.15) is 29.2 Å². The molecule has 1 unspecified atom stereocenters. The fourth-order valence-corrected chi connectivity index (χ4v) is 3.53. The molecule has 1 aliphatic heterocycles. The summed E-state index contributed by atoms with van der Waals surface area (Å²) in [6, 6.07) is 10.2. The molecule has 2 aromatic carbocycles. The first-order valence-electron chi connectivity index (χ1n) is 9.50. The zero-order chi connectivity index (χ0) is 21.3. The van der Waals surface area contributed by atoms with Gasteiger partial charge in [-0.2, -0.15) is 4.98 Å². The summed E-state index contributed by atoms with van der Waals surface area (Å²) in [6.45, 7) is 4.07. The quantitative estimate of drug-likeness (QED) is 0.618. The number of benzene rings is 2.